The van der Waals surface area contributed by atoms with Crippen LogP contribution in [-0.4, -0.2) is 21.1 Å². The molecule has 0 unspecified atom stereocenters. The summed E-state index contributed by atoms with van der Waals surface area (Å²) in [6.45, 7) is 0. The van der Waals surface area contributed by atoms with Crippen molar-refractivity contribution >= 4 is 13.6 Å². The molecule has 0 aliphatic carbocycles. The minimum Gasteiger partial charge on any atom is -0.432 e. The number of nitrogens with zero attached hydrogens (tertiary/aromatic N) is 1. The Bertz CT molecular complexity index is 253. The third kappa shape index (κ3) is 3.18. The first-order valence-electron chi connectivity index (χ1n) is 2.76. The highest BCUT2D eigenvalue weighted by molar-refractivity contribution is 7.51. The van der Waals surface area contributed by atoms with E-state index in [0.29, 0.717) is 0 Å². The van der Waals surface area contributed by atoms with Crippen LogP contribution in [0.4, 0.5) is 6.01 Å². The van der Waals surface area contributed by atoms with Gasteiger partial charge in [0.2, 0.25) is 0 Å². The van der Waals surface area contributed by atoms with Gasteiger partial charge in [0.15, 0.2) is 0 Å². The molecule has 1 rings (SSSR count). The van der Waals surface area contributed by atoms with Crippen LogP contribution in [0, 0.1) is 0 Å². The second-order valence-corrected chi connectivity index (χ2v) is 3.48. The summed E-state index contributed by atoms with van der Waals surface area (Å²) in [7, 11) is -4.02. The average Bonchev–Trinajstić information content (AvgIpc) is 2.32. The van der Waals surface area contributed by atoms with Crippen LogP contribution >= 0.6 is 7.60 Å². The Labute approximate surface area is 62.4 Å². The van der Waals surface area contributed by atoms with E-state index < -0.39 is 13.9 Å². The molecule has 11 heavy (non-hydrogen) atoms. The monoisotopic (exact) mass is 178 g/mol. The molecule has 6 nitrogen and oxygen atoms in total. The molecule has 0 amide bonds. The lowest BCUT2D eigenvalue weighted by molar-refractivity contribution is 0.374. The second kappa shape index (κ2) is 3.04. The SMILES string of the molecule is O=P(O)(O)CNc1ncco1. The summed E-state index contributed by atoms with van der Waals surface area (Å²) >= 11 is 0. The van der Waals surface area contributed by atoms with Gasteiger partial charge in [-0.2, -0.15) is 0 Å². The summed E-state index contributed by atoms with van der Waals surface area (Å²) < 4.78 is 15.0. The first-order chi connectivity index (χ1) is 5.08. The van der Waals surface area contributed by atoms with Crippen LogP contribution in [0.2, 0.25) is 0 Å². The fourth-order valence-electron chi connectivity index (χ4n) is 0.481. The molecule has 0 aromatic carbocycles. The molecule has 62 valence electrons. The highest BCUT2D eigenvalue weighted by atomic mass is 31.2. The van der Waals surface area contributed by atoms with Gasteiger partial charge < -0.3 is 19.5 Å². The molecule has 0 saturated heterocycles. The van der Waals surface area contributed by atoms with Gasteiger partial charge >= 0.3 is 7.60 Å². The van der Waals surface area contributed by atoms with Crippen LogP contribution in [0.1, 0.15) is 0 Å². The zero-order valence-corrected chi connectivity index (χ0v) is 6.36. The standard InChI is InChI=1S/C4H7N2O4P/c7-11(8,9)3-6-4-5-1-2-10-4/h1-2H,3H2,(H,5,6)(H2,7,8,9). The number of oxazole rings is 1. The molecular formula is C4H7N2O4P. The zero-order chi connectivity index (χ0) is 8.32. The topological polar surface area (TPSA) is 95.6 Å². The predicted octanol–water partition coefficient (Wildman–Crippen LogP) is 0.222. The highest BCUT2D eigenvalue weighted by Gasteiger charge is 2.12. The lowest BCUT2D eigenvalue weighted by atomic mass is 11.0. The lowest BCUT2D eigenvalue weighted by Crippen LogP contribution is -2.01. The van der Waals surface area contributed by atoms with Crippen LogP contribution in [-0.2, 0) is 4.57 Å². The molecule has 0 bridgehead atoms. The van der Waals surface area contributed by atoms with Crippen LogP contribution in [0.3, 0.4) is 0 Å². The number of hydrogen-bond donors (Lipinski definition) is 3. The van der Waals surface area contributed by atoms with Crippen molar-refractivity contribution in [3.05, 3.63) is 12.5 Å². The lowest BCUT2D eigenvalue weighted by Gasteiger charge is -2.02. The van der Waals surface area contributed by atoms with E-state index in [1.165, 1.54) is 12.5 Å². The summed E-state index contributed by atoms with van der Waals surface area (Å²) in [6, 6.07) is 0.105. The summed E-state index contributed by atoms with van der Waals surface area (Å²) in [5.74, 6) is 0. The number of nitrogens with one attached hydrogen (secondary N) is 1. The van der Waals surface area contributed by atoms with E-state index in [0.717, 1.165) is 0 Å². The van der Waals surface area contributed by atoms with Crippen molar-refractivity contribution in [2.24, 2.45) is 0 Å². The fraction of sp³-hybridized carbons (Fsp3) is 0.250. The Morgan fingerprint density at radius 3 is 2.91 bits per heavy atom. The highest BCUT2D eigenvalue weighted by Crippen LogP contribution is 2.33. The first kappa shape index (κ1) is 8.26. The van der Waals surface area contributed by atoms with Gasteiger partial charge in [-0.15, -0.1) is 0 Å². The van der Waals surface area contributed by atoms with Crippen LogP contribution in [0.25, 0.3) is 0 Å². The van der Waals surface area contributed by atoms with Crippen molar-refractivity contribution in [1.82, 2.24) is 4.98 Å². The van der Waals surface area contributed by atoms with E-state index in [1.54, 1.807) is 0 Å². The van der Waals surface area contributed by atoms with E-state index >= 15 is 0 Å². The number of aromatic nitrogens is 1. The molecule has 0 radical (unpaired) electrons. The molecule has 0 aliphatic heterocycles. The Morgan fingerprint density at radius 1 is 1.73 bits per heavy atom. The Morgan fingerprint density at radius 2 is 2.45 bits per heavy atom. The fourth-order valence-corrected chi connectivity index (χ4v) is 0.823. The number of rotatable bonds is 3. The van der Waals surface area contributed by atoms with E-state index in [9.17, 15) is 4.57 Å². The molecule has 0 fully saturated rings. The van der Waals surface area contributed by atoms with Gasteiger partial charge in [0, 0.05) is 0 Å². The molecule has 3 N–H and O–H groups in total. The molecule has 7 heteroatoms. The Kier molecular flexibility index (Phi) is 2.28. The van der Waals surface area contributed by atoms with Gasteiger partial charge in [0.1, 0.15) is 12.5 Å². The van der Waals surface area contributed by atoms with Crippen molar-refractivity contribution in [2.75, 3.05) is 11.6 Å². The van der Waals surface area contributed by atoms with E-state index in [4.69, 9.17) is 9.79 Å². The molecule has 1 heterocycles. The third-order valence-corrected chi connectivity index (χ3v) is 1.44. The minimum absolute atomic E-state index is 0.105. The normalized spacial score (nSPS) is 11.5. The van der Waals surface area contributed by atoms with Crippen molar-refractivity contribution < 1.29 is 18.8 Å². The van der Waals surface area contributed by atoms with E-state index in [-0.39, 0.29) is 6.01 Å². The largest absolute Gasteiger partial charge is 0.432 e. The van der Waals surface area contributed by atoms with E-state index in [2.05, 4.69) is 14.7 Å². The maximum Gasteiger partial charge on any atom is 0.344 e. The van der Waals surface area contributed by atoms with Crippen LogP contribution in [0.5, 0.6) is 0 Å². The summed E-state index contributed by atoms with van der Waals surface area (Å²) in [6.07, 6.45) is 2.22. The predicted molar refractivity (Wildman–Crippen MR) is 37.0 cm³/mol. The van der Waals surface area contributed by atoms with Gasteiger partial charge in [-0.25, -0.2) is 4.98 Å². The van der Waals surface area contributed by atoms with Gasteiger partial charge in [0.05, 0.1) is 6.20 Å². The third-order valence-electron chi connectivity index (χ3n) is 0.869. The molecule has 0 aliphatic rings. The maximum absolute atomic E-state index is 10.3. The van der Waals surface area contributed by atoms with Crippen molar-refractivity contribution in [2.45, 2.75) is 0 Å². The molecular weight excluding hydrogens is 171 g/mol. The summed E-state index contributed by atoms with van der Waals surface area (Å²) in [4.78, 5) is 20.4. The smallest absolute Gasteiger partial charge is 0.344 e. The second-order valence-electron chi connectivity index (χ2n) is 1.84. The van der Waals surface area contributed by atoms with Crippen molar-refractivity contribution in [1.29, 1.82) is 0 Å². The summed E-state index contributed by atoms with van der Waals surface area (Å²) in [5, 5.41) is 2.32. The molecule has 0 atom stereocenters. The zero-order valence-electron chi connectivity index (χ0n) is 5.47. The van der Waals surface area contributed by atoms with Gasteiger partial charge in [-0.1, -0.05) is 0 Å². The van der Waals surface area contributed by atoms with Crippen LogP contribution in [0.15, 0.2) is 16.9 Å². The van der Waals surface area contributed by atoms with Crippen molar-refractivity contribution in [3.8, 4) is 0 Å². The maximum atomic E-state index is 10.3. The van der Waals surface area contributed by atoms with Gasteiger partial charge in [0.25, 0.3) is 6.01 Å². The minimum atomic E-state index is -4.02. The molecule has 1 aromatic heterocycles. The Balaban J connectivity index is 2.41. The van der Waals surface area contributed by atoms with Crippen molar-refractivity contribution in [3.63, 3.8) is 0 Å². The first-order valence-corrected chi connectivity index (χ1v) is 4.55. The quantitative estimate of drug-likeness (QED) is 0.573. The summed E-state index contributed by atoms with van der Waals surface area (Å²) in [5.41, 5.74) is 0. The number of anilines is 1. The molecule has 0 saturated carbocycles. The van der Waals surface area contributed by atoms with Crippen LogP contribution < -0.4 is 5.32 Å². The Hall–Kier alpha value is -0.840. The number of hydrogen-bond acceptors (Lipinski definition) is 4. The van der Waals surface area contributed by atoms with E-state index in [1.807, 2.05) is 0 Å². The molecule has 0 spiro atoms. The van der Waals surface area contributed by atoms with Gasteiger partial charge in [-0.3, -0.25) is 4.57 Å². The average molecular weight is 178 g/mol. The van der Waals surface area contributed by atoms with Gasteiger partial charge in [-0.05, 0) is 0 Å². The molecule has 1 aromatic rings.